The molecular weight excluding hydrogens is 417 g/mol. The maximum Gasteiger partial charge on any atom is 0.433 e. The van der Waals surface area contributed by atoms with Crippen molar-refractivity contribution in [1.82, 2.24) is 19.5 Å². The first kappa shape index (κ1) is 20.2. The number of halogens is 3. The highest BCUT2D eigenvalue weighted by Crippen LogP contribution is 2.70. The van der Waals surface area contributed by atoms with E-state index in [1.807, 2.05) is 4.90 Å². The zero-order valence-electron chi connectivity index (χ0n) is 18.1. The quantitative estimate of drug-likeness (QED) is 0.650. The van der Waals surface area contributed by atoms with Gasteiger partial charge in [-0.15, -0.1) is 0 Å². The van der Waals surface area contributed by atoms with Crippen LogP contribution in [0.4, 0.5) is 13.2 Å². The van der Waals surface area contributed by atoms with Crippen molar-refractivity contribution in [3.8, 4) is 0 Å². The number of fused-ring (bicyclic) bond motifs is 1. The molecule has 1 amide bonds. The van der Waals surface area contributed by atoms with Crippen molar-refractivity contribution in [2.75, 3.05) is 13.1 Å². The summed E-state index contributed by atoms with van der Waals surface area (Å²) in [6.45, 7) is 3.03. The molecule has 1 spiro atoms. The third kappa shape index (κ3) is 2.94. The van der Waals surface area contributed by atoms with Crippen LogP contribution >= 0.6 is 0 Å². The Morgan fingerprint density at radius 2 is 2.06 bits per heavy atom. The third-order valence-electron chi connectivity index (χ3n) is 8.34. The Morgan fingerprint density at radius 1 is 1.25 bits per heavy atom. The molecule has 1 aliphatic heterocycles. The fraction of sp³-hybridized carbons (Fsp3) is 0.625. The van der Waals surface area contributed by atoms with Crippen LogP contribution in [0.2, 0.25) is 0 Å². The minimum atomic E-state index is -4.50. The summed E-state index contributed by atoms with van der Waals surface area (Å²) in [5.74, 6) is 1.16. The predicted octanol–water partition coefficient (Wildman–Crippen LogP) is 4.62. The summed E-state index contributed by atoms with van der Waals surface area (Å²) in [5, 5.41) is 4.33. The van der Waals surface area contributed by atoms with Crippen LogP contribution < -0.4 is 0 Å². The van der Waals surface area contributed by atoms with Gasteiger partial charge in [0.2, 0.25) is 5.91 Å². The van der Waals surface area contributed by atoms with E-state index in [1.165, 1.54) is 12.8 Å². The second-order valence-corrected chi connectivity index (χ2v) is 10.0. The highest BCUT2D eigenvalue weighted by molar-refractivity contribution is 5.81. The minimum Gasteiger partial charge on any atom is -0.342 e. The van der Waals surface area contributed by atoms with Gasteiger partial charge in [0, 0.05) is 36.7 Å². The summed E-state index contributed by atoms with van der Waals surface area (Å²) in [7, 11) is 0. The van der Waals surface area contributed by atoms with Gasteiger partial charge in [-0.1, -0.05) is 19.1 Å². The molecule has 2 aromatic rings. The zero-order chi connectivity index (χ0) is 22.3. The molecule has 2 bridgehead atoms. The fourth-order valence-electron chi connectivity index (χ4n) is 6.54. The van der Waals surface area contributed by atoms with Crippen LogP contribution in [0.1, 0.15) is 62.0 Å². The van der Waals surface area contributed by atoms with Gasteiger partial charge in [0.1, 0.15) is 5.69 Å². The molecule has 4 aliphatic rings. The SMILES string of the molecule is CCc1cc(C(F)(F)F)n2nc([C@@H]3CCCN(C(=O)[C@H]4C[C@H]5C=C[C@H]4C54CC4)C3)cc2n1. The highest BCUT2D eigenvalue weighted by Gasteiger charge is 2.64. The molecule has 0 aromatic carbocycles. The Balaban J connectivity index is 1.26. The van der Waals surface area contributed by atoms with Crippen LogP contribution in [-0.4, -0.2) is 38.5 Å². The minimum absolute atomic E-state index is 0.0652. The first-order chi connectivity index (χ1) is 15.3. The Bertz CT molecular complexity index is 1120. The number of likely N-dealkylation sites (tertiary alicyclic amines) is 1. The molecule has 2 saturated carbocycles. The number of rotatable bonds is 3. The molecule has 170 valence electrons. The molecule has 1 saturated heterocycles. The van der Waals surface area contributed by atoms with Crippen molar-refractivity contribution >= 4 is 11.6 Å². The molecule has 6 rings (SSSR count). The van der Waals surface area contributed by atoms with E-state index in [1.54, 1.807) is 13.0 Å². The topological polar surface area (TPSA) is 50.5 Å². The summed E-state index contributed by atoms with van der Waals surface area (Å²) in [6.07, 6.45) is 5.57. The third-order valence-corrected chi connectivity index (χ3v) is 8.34. The van der Waals surface area contributed by atoms with Crippen LogP contribution in [-0.2, 0) is 17.4 Å². The van der Waals surface area contributed by atoms with E-state index < -0.39 is 11.9 Å². The molecule has 3 fully saturated rings. The largest absolute Gasteiger partial charge is 0.433 e. The molecule has 0 N–H and O–H groups in total. The number of carbonyl (C=O) groups excluding carboxylic acids is 1. The van der Waals surface area contributed by atoms with E-state index in [0.29, 0.717) is 41.6 Å². The number of carbonyl (C=O) groups is 1. The molecule has 5 nitrogen and oxygen atoms in total. The van der Waals surface area contributed by atoms with Gasteiger partial charge in [0.25, 0.3) is 0 Å². The monoisotopic (exact) mass is 444 g/mol. The van der Waals surface area contributed by atoms with Gasteiger partial charge in [-0.25, -0.2) is 9.50 Å². The second kappa shape index (κ2) is 6.81. The summed E-state index contributed by atoms with van der Waals surface area (Å²) in [4.78, 5) is 19.7. The molecular formula is C24H27F3N4O. The van der Waals surface area contributed by atoms with Gasteiger partial charge in [0.05, 0.1) is 5.69 Å². The van der Waals surface area contributed by atoms with Crippen molar-refractivity contribution in [3.63, 3.8) is 0 Å². The van der Waals surface area contributed by atoms with Crippen LogP contribution in [0, 0.1) is 23.2 Å². The fourth-order valence-corrected chi connectivity index (χ4v) is 6.54. The molecule has 0 radical (unpaired) electrons. The van der Waals surface area contributed by atoms with E-state index in [2.05, 4.69) is 22.2 Å². The molecule has 3 heterocycles. The van der Waals surface area contributed by atoms with Gasteiger partial charge < -0.3 is 4.90 Å². The van der Waals surface area contributed by atoms with Crippen molar-refractivity contribution in [3.05, 3.63) is 41.4 Å². The summed E-state index contributed by atoms with van der Waals surface area (Å²) in [5.41, 5.74) is 0.797. The lowest BCUT2D eigenvalue weighted by Crippen LogP contribution is -2.43. The Hall–Kier alpha value is -2.38. The number of aryl methyl sites for hydroxylation is 1. The molecule has 2 aromatic heterocycles. The van der Waals surface area contributed by atoms with Crippen molar-refractivity contribution in [2.45, 2.75) is 57.5 Å². The lowest BCUT2D eigenvalue weighted by Gasteiger charge is -2.35. The standard InChI is InChI=1S/C24H27F3N4O/c1-2-16-11-20(24(25,26)27)31-21(28-16)12-19(29-31)14-4-3-9-30(13-14)22(32)17-10-15-5-6-18(17)23(15)7-8-23/h5-6,11-12,14-15,17-18H,2-4,7-10,13H2,1H3/t14-,15-,17+,18-/m1/s1. The van der Waals surface area contributed by atoms with Crippen LogP contribution in [0.25, 0.3) is 5.65 Å². The maximum atomic E-state index is 13.6. The smallest absolute Gasteiger partial charge is 0.342 e. The molecule has 3 aliphatic carbocycles. The molecule has 8 heteroatoms. The molecule has 32 heavy (non-hydrogen) atoms. The number of alkyl halides is 3. The van der Waals surface area contributed by atoms with Crippen molar-refractivity contribution in [2.24, 2.45) is 23.2 Å². The first-order valence-electron chi connectivity index (χ1n) is 11.7. The number of allylic oxidation sites excluding steroid dienone is 2. The second-order valence-electron chi connectivity index (χ2n) is 10.0. The van der Waals surface area contributed by atoms with Gasteiger partial charge in [-0.3, -0.25) is 4.79 Å². The summed E-state index contributed by atoms with van der Waals surface area (Å²) >= 11 is 0. The number of amides is 1. The lowest BCUT2D eigenvalue weighted by atomic mass is 9.87. The summed E-state index contributed by atoms with van der Waals surface area (Å²) in [6, 6.07) is 2.75. The lowest BCUT2D eigenvalue weighted by molar-refractivity contribution is -0.142. The highest BCUT2D eigenvalue weighted by atomic mass is 19.4. The first-order valence-corrected chi connectivity index (χ1v) is 11.7. The van der Waals surface area contributed by atoms with Gasteiger partial charge in [-0.2, -0.15) is 18.3 Å². The summed E-state index contributed by atoms with van der Waals surface area (Å²) < 4.78 is 41.8. The van der Waals surface area contributed by atoms with E-state index in [4.69, 9.17) is 0 Å². The van der Waals surface area contributed by atoms with E-state index in [0.717, 1.165) is 36.4 Å². The zero-order valence-corrected chi connectivity index (χ0v) is 18.1. The molecule has 4 atom stereocenters. The van der Waals surface area contributed by atoms with Gasteiger partial charge >= 0.3 is 6.18 Å². The average molecular weight is 445 g/mol. The van der Waals surface area contributed by atoms with E-state index >= 15 is 0 Å². The number of hydrogen-bond acceptors (Lipinski definition) is 3. The maximum absolute atomic E-state index is 13.6. The van der Waals surface area contributed by atoms with Crippen LogP contribution in [0.3, 0.4) is 0 Å². The van der Waals surface area contributed by atoms with Gasteiger partial charge in [0.15, 0.2) is 5.65 Å². The van der Waals surface area contributed by atoms with Crippen molar-refractivity contribution < 1.29 is 18.0 Å². The number of hydrogen-bond donors (Lipinski definition) is 0. The number of nitrogens with zero attached hydrogens (tertiary/aromatic N) is 4. The Morgan fingerprint density at radius 3 is 2.75 bits per heavy atom. The number of piperidine rings is 1. The van der Waals surface area contributed by atoms with Crippen LogP contribution in [0.5, 0.6) is 0 Å². The van der Waals surface area contributed by atoms with Crippen molar-refractivity contribution in [1.29, 1.82) is 0 Å². The Labute approximate surface area is 184 Å². The van der Waals surface area contributed by atoms with Crippen LogP contribution in [0.15, 0.2) is 24.3 Å². The van der Waals surface area contributed by atoms with E-state index in [-0.39, 0.29) is 23.4 Å². The van der Waals surface area contributed by atoms with Gasteiger partial charge in [-0.05, 0) is 61.8 Å². The molecule has 0 unspecified atom stereocenters. The Kier molecular flexibility index (Phi) is 4.31. The average Bonchev–Trinajstić information content (AvgIpc) is 3.24. The number of aromatic nitrogens is 3. The predicted molar refractivity (Wildman–Crippen MR) is 112 cm³/mol. The van der Waals surface area contributed by atoms with E-state index in [9.17, 15) is 18.0 Å². The normalized spacial score (nSPS) is 30.6.